The van der Waals surface area contributed by atoms with Crippen LogP contribution in [0.15, 0.2) is 197 Å². The third kappa shape index (κ3) is 3.61. The van der Waals surface area contributed by atoms with Gasteiger partial charge < -0.3 is 9.47 Å². The van der Waals surface area contributed by atoms with Crippen molar-refractivity contribution in [3.05, 3.63) is 215 Å². The molecule has 0 radical (unpaired) electrons. The van der Waals surface area contributed by atoms with Gasteiger partial charge in [-0.25, -0.2) is 0 Å². The summed E-state index contributed by atoms with van der Waals surface area (Å²) in [5.74, 6) is 0.225. The zero-order chi connectivity index (χ0) is 34.0. The van der Waals surface area contributed by atoms with Crippen LogP contribution >= 0.6 is 11.8 Å². The van der Waals surface area contributed by atoms with Crippen molar-refractivity contribution in [1.82, 2.24) is 4.57 Å². The van der Waals surface area contributed by atoms with Gasteiger partial charge in [0.15, 0.2) is 0 Å². The largest absolute Gasteiger partial charge is 0.333 e. The fourth-order valence-electron chi connectivity index (χ4n) is 9.98. The maximum absolute atomic E-state index is 2.66. The van der Waals surface area contributed by atoms with E-state index in [2.05, 4.69) is 191 Å². The highest BCUT2D eigenvalue weighted by atomic mass is 32.2. The lowest BCUT2D eigenvalue weighted by Gasteiger charge is -2.41. The standard InChI is InChI=1S/C49H32N2S/c1-3-15-31(16-4-1)50-43-23-11-7-19-33(43)37-27-35-36-28-38-34-20-8-12-24-44(34)51(32-17-5-2-6-18-32)46(38)30-42(36)49(41(35)29-45(37)50)39-21-9-13-25-47(39)52-48-26-14-10-22-40(48)49/h1-30,37,45H. The number of rotatable bonds is 2. The van der Waals surface area contributed by atoms with Gasteiger partial charge in [0, 0.05) is 43.5 Å². The predicted octanol–water partition coefficient (Wildman–Crippen LogP) is 12.2. The Morgan fingerprint density at radius 2 is 1.13 bits per heavy atom. The lowest BCUT2D eigenvalue weighted by molar-refractivity contribution is 0.685. The highest BCUT2D eigenvalue weighted by Gasteiger charge is 2.55. The van der Waals surface area contributed by atoms with Gasteiger partial charge in [0.05, 0.1) is 22.5 Å². The quantitative estimate of drug-likeness (QED) is 0.180. The zero-order valence-electron chi connectivity index (χ0n) is 28.3. The summed E-state index contributed by atoms with van der Waals surface area (Å²) in [4.78, 5) is 5.24. The van der Waals surface area contributed by atoms with Crippen molar-refractivity contribution in [3.63, 3.8) is 0 Å². The Morgan fingerprint density at radius 1 is 0.500 bits per heavy atom. The second-order valence-electron chi connectivity index (χ2n) is 14.4. The second-order valence-corrected chi connectivity index (χ2v) is 15.5. The molecule has 0 saturated heterocycles. The van der Waals surface area contributed by atoms with Gasteiger partial charge in [0.25, 0.3) is 0 Å². The van der Waals surface area contributed by atoms with Crippen molar-refractivity contribution in [1.29, 1.82) is 0 Å². The van der Waals surface area contributed by atoms with Crippen LogP contribution in [0, 0.1) is 0 Å². The average molecular weight is 681 g/mol. The summed E-state index contributed by atoms with van der Waals surface area (Å²) < 4.78 is 2.47. The van der Waals surface area contributed by atoms with Crippen LogP contribution in [0.1, 0.15) is 33.7 Å². The van der Waals surface area contributed by atoms with E-state index in [1.54, 1.807) is 0 Å². The molecule has 2 atom stereocenters. The highest BCUT2D eigenvalue weighted by Crippen LogP contribution is 2.66. The molecule has 0 saturated carbocycles. The van der Waals surface area contributed by atoms with Crippen LogP contribution < -0.4 is 4.90 Å². The summed E-state index contributed by atoms with van der Waals surface area (Å²) in [6.45, 7) is 0. The van der Waals surface area contributed by atoms with Gasteiger partial charge in [0.1, 0.15) is 0 Å². The topological polar surface area (TPSA) is 8.17 Å². The Kier molecular flexibility index (Phi) is 5.79. The normalized spacial score (nSPS) is 18.7. The molecule has 0 N–H and O–H groups in total. The number of anilines is 2. The molecule has 7 aromatic carbocycles. The zero-order valence-corrected chi connectivity index (χ0v) is 29.1. The molecule has 0 fully saturated rings. The van der Waals surface area contributed by atoms with Gasteiger partial charge in [-0.3, -0.25) is 0 Å². The van der Waals surface area contributed by atoms with E-state index in [0.717, 1.165) is 0 Å². The summed E-state index contributed by atoms with van der Waals surface area (Å²) in [5.41, 5.74) is 15.3. The summed E-state index contributed by atoms with van der Waals surface area (Å²) in [6, 6.07) is 63.4. The molecular weight excluding hydrogens is 649 g/mol. The first-order valence-electron chi connectivity index (χ1n) is 18.2. The second kappa shape index (κ2) is 10.5. The Bertz CT molecular complexity index is 2800. The Balaban J connectivity index is 1.23. The van der Waals surface area contributed by atoms with E-state index in [4.69, 9.17) is 0 Å². The number of allylic oxidation sites excluding steroid dienone is 2. The molecule has 0 bridgehead atoms. The molecule has 1 spiro atoms. The van der Waals surface area contributed by atoms with Crippen LogP contribution in [0.25, 0.3) is 33.1 Å². The number of fused-ring (bicyclic) bond motifs is 15. The number of para-hydroxylation sites is 4. The molecule has 2 aliphatic carbocycles. The van der Waals surface area contributed by atoms with Crippen LogP contribution in [-0.4, -0.2) is 10.6 Å². The maximum atomic E-state index is 2.66. The first kappa shape index (κ1) is 28.6. The van der Waals surface area contributed by atoms with E-state index in [1.165, 1.54) is 87.6 Å². The summed E-state index contributed by atoms with van der Waals surface area (Å²) in [6.07, 6.45) is 5.29. The predicted molar refractivity (Wildman–Crippen MR) is 215 cm³/mol. The van der Waals surface area contributed by atoms with Crippen molar-refractivity contribution < 1.29 is 0 Å². The molecule has 12 rings (SSSR count). The molecule has 4 aliphatic rings. The van der Waals surface area contributed by atoms with Gasteiger partial charge >= 0.3 is 0 Å². The van der Waals surface area contributed by atoms with Crippen molar-refractivity contribution in [2.45, 2.75) is 27.2 Å². The van der Waals surface area contributed by atoms with Crippen LogP contribution in [0.3, 0.4) is 0 Å². The van der Waals surface area contributed by atoms with Gasteiger partial charge in [0.2, 0.25) is 0 Å². The SMILES string of the molecule is C1=C2C(=CC3C1c1ccccc1N3c1ccccc1)C1(c3ccccc3Sc3ccccc31)c1cc3c(cc12)c1ccccc1n3-c1ccccc1. The molecule has 1 aromatic heterocycles. The van der Waals surface area contributed by atoms with Crippen LogP contribution in [-0.2, 0) is 5.41 Å². The van der Waals surface area contributed by atoms with Gasteiger partial charge in [-0.05, 0) is 99.6 Å². The Morgan fingerprint density at radius 3 is 1.90 bits per heavy atom. The molecule has 244 valence electrons. The van der Waals surface area contributed by atoms with Gasteiger partial charge in [-0.1, -0.05) is 133 Å². The Hall–Kier alpha value is -6.03. The summed E-state index contributed by atoms with van der Waals surface area (Å²) in [5, 5.41) is 2.58. The minimum absolute atomic E-state index is 0.145. The monoisotopic (exact) mass is 680 g/mol. The van der Waals surface area contributed by atoms with E-state index in [0.29, 0.717) is 0 Å². The van der Waals surface area contributed by atoms with Crippen LogP contribution in [0.4, 0.5) is 11.4 Å². The van der Waals surface area contributed by atoms with Crippen molar-refractivity contribution in [2.75, 3.05) is 4.90 Å². The number of aromatic nitrogens is 1. The first-order chi connectivity index (χ1) is 25.8. The molecule has 8 aromatic rings. The van der Waals surface area contributed by atoms with E-state index in [1.807, 2.05) is 11.8 Å². The van der Waals surface area contributed by atoms with Crippen molar-refractivity contribution >= 4 is 50.5 Å². The molecule has 3 heteroatoms. The van der Waals surface area contributed by atoms with Gasteiger partial charge in [-0.2, -0.15) is 0 Å². The number of nitrogens with zero attached hydrogens (tertiary/aromatic N) is 2. The van der Waals surface area contributed by atoms with Crippen molar-refractivity contribution in [2.24, 2.45) is 0 Å². The molecule has 2 aliphatic heterocycles. The number of benzene rings is 7. The third-order valence-corrected chi connectivity index (χ3v) is 13.1. The minimum atomic E-state index is -0.478. The first-order valence-corrected chi connectivity index (χ1v) is 19.0. The minimum Gasteiger partial charge on any atom is -0.333 e. The molecule has 3 heterocycles. The van der Waals surface area contributed by atoms with Crippen LogP contribution in [0.5, 0.6) is 0 Å². The lowest BCUT2D eigenvalue weighted by atomic mass is 9.65. The highest BCUT2D eigenvalue weighted by molar-refractivity contribution is 7.99. The lowest BCUT2D eigenvalue weighted by Crippen LogP contribution is -2.36. The van der Waals surface area contributed by atoms with Crippen LogP contribution in [0.2, 0.25) is 0 Å². The van der Waals surface area contributed by atoms with Crippen molar-refractivity contribution in [3.8, 4) is 5.69 Å². The summed E-state index contributed by atoms with van der Waals surface area (Å²) in [7, 11) is 0. The van der Waals surface area contributed by atoms with E-state index >= 15 is 0 Å². The fourth-order valence-corrected chi connectivity index (χ4v) is 11.2. The average Bonchev–Trinajstić information content (AvgIpc) is 3.81. The van der Waals surface area contributed by atoms with E-state index in [9.17, 15) is 0 Å². The molecule has 52 heavy (non-hydrogen) atoms. The Labute approximate surface area is 307 Å². The van der Waals surface area contributed by atoms with E-state index < -0.39 is 5.41 Å². The summed E-state index contributed by atoms with van der Waals surface area (Å²) >= 11 is 1.91. The smallest absolute Gasteiger partial charge is 0.0733 e. The molecule has 2 nitrogen and oxygen atoms in total. The number of hydrogen-bond acceptors (Lipinski definition) is 2. The fraction of sp³-hybridized carbons (Fsp3) is 0.0612. The molecular formula is C49H32N2S. The maximum Gasteiger partial charge on any atom is 0.0733 e. The van der Waals surface area contributed by atoms with Gasteiger partial charge in [-0.15, -0.1) is 0 Å². The number of hydrogen-bond donors (Lipinski definition) is 0. The third-order valence-electron chi connectivity index (χ3n) is 12.0. The molecule has 0 amide bonds. The van der Waals surface area contributed by atoms with E-state index in [-0.39, 0.29) is 12.0 Å². The molecule has 2 unspecified atom stereocenters.